The molecule has 10 aromatic carbocycles. The van der Waals surface area contributed by atoms with Crippen molar-refractivity contribution in [2.24, 2.45) is 0 Å². The lowest BCUT2D eigenvalue weighted by Crippen LogP contribution is -2.26. The van der Waals surface area contributed by atoms with Crippen LogP contribution in [-0.2, 0) is 10.8 Å². The van der Waals surface area contributed by atoms with Gasteiger partial charge in [0, 0.05) is 64.4 Å². The Kier molecular flexibility index (Phi) is 7.41. The van der Waals surface area contributed by atoms with E-state index in [0.717, 1.165) is 50.1 Å². The molecule has 0 amide bonds. The predicted octanol–water partition coefficient (Wildman–Crippen LogP) is 17.7. The van der Waals surface area contributed by atoms with Crippen molar-refractivity contribution >= 4 is 70.5 Å². The van der Waals surface area contributed by atoms with Crippen molar-refractivity contribution in [1.82, 2.24) is 0 Å². The van der Waals surface area contributed by atoms with Gasteiger partial charge in [0.25, 0.3) is 0 Å². The van der Waals surface area contributed by atoms with Gasteiger partial charge >= 0.3 is 0 Å². The van der Waals surface area contributed by atoms with E-state index in [9.17, 15) is 0 Å². The summed E-state index contributed by atoms with van der Waals surface area (Å²) in [6, 6.07) is 79.3. The van der Waals surface area contributed by atoms with E-state index in [0.29, 0.717) is 0 Å². The van der Waals surface area contributed by atoms with Crippen LogP contribution in [-0.4, -0.2) is 0 Å². The second-order valence-electron chi connectivity index (χ2n) is 19.1. The van der Waals surface area contributed by atoms with Crippen LogP contribution in [0.25, 0.3) is 86.6 Å². The number of furan rings is 1. The van der Waals surface area contributed by atoms with E-state index < -0.39 is 5.41 Å². The molecule has 12 aromatic rings. The maximum atomic E-state index is 6.55. The zero-order valence-corrected chi connectivity index (χ0v) is 37.8. The third-order valence-corrected chi connectivity index (χ3v) is 16.7. The first-order valence-corrected chi connectivity index (χ1v) is 24.1. The lowest BCUT2D eigenvalue weighted by molar-refractivity contribution is 0.660. The van der Waals surface area contributed by atoms with Gasteiger partial charge in [-0.15, -0.1) is 11.3 Å². The van der Waals surface area contributed by atoms with E-state index in [-0.39, 0.29) is 5.41 Å². The molecule has 3 aliphatic rings. The Labute approximate surface area is 392 Å². The van der Waals surface area contributed by atoms with Gasteiger partial charge in [0.2, 0.25) is 0 Å². The lowest BCUT2D eigenvalue weighted by Gasteiger charge is -2.32. The van der Waals surface area contributed by atoms with Crippen molar-refractivity contribution in [3.63, 3.8) is 0 Å². The SMILES string of the molecule is CC1(C)c2ccccc2-c2ccc(N(c3ccc(-c4cccc5c4oc4ccccc45)cc3)c3cccc4c3-c3ccccc3C43c4ccccc4-c4c3ccc3c4sc4ccccc43)cc21. The van der Waals surface area contributed by atoms with E-state index in [1.54, 1.807) is 0 Å². The maximum absolute atomic E-state index is 6.55. The monoisotopic (exact) mass is 871 g/mol. The summed E-state index contributed by atoms with van der Waals surface area (Å²) in [5.74, 6) is 0. The molecule has 2 heterocycles. The molecule has 0 aliphatic heterocycles. The Bertz CT molecular complexity index is 4090. The molecule has 15 rings (SSSR count). The fourth-order valence-electron chi connectivity index (χ4n) is 12.6. The Morgan fingerprint density at radius 1 is 0.403 bits per heavy atom. The molecule has 3 aliphatic carbocycles. The van der Waals surface area contributed by atoms with Crippen LogP contribution in [0.15, 0.2) is 217 Å². The highest BCUT2D eigenvalue weighted by atomic mass is 32.1. The molecule has 0 N–H and O–H groups in total. The Morgan fingerprint density at radius 2 is 1.00 bits per heavy atom. The predicted molar refractivity (Wildman–Crippen MR) is 281 cm³/mol. The fourth-order valence-corrected chi connectivity index (χ4v) is 13.9. The van der Waals surface area contributed by atoms with Crippen molar-refractivity contribution in [3.05, 3.63) is 246 Å². The molecule has 0 saturated heterocycles. The second kappa shape index (κ2) is 13.3. The molecule has 2 nitrogen and oxygen atoms in total. The van der Waals surface area contributed by atoms with Gasteiger partial charge in [0.15, 0.2) is 0 Å². The van der Waals surface area contributed by atoms with Crippen LogP contribution in [0.5, 0.6) is 0 Å². The minimum Gasteiger partial charge on any atom is -0.455 e. The number of fused-ring (bicyclic) bond motifs is 20. The smallest absolute Gasteiger partial charge is 0.143 e. The number of hydrogen-bond acceptors (Lipinski definition) is 3. The Hall–Kier alpha value is -7.98. The van der Waals surface area contributed by atoms with Crippen molar-refractivity contribution in [1.29, 1.82) is 0 Å². The van der Waals surface area contributed by atoms with Gasteiger partial charge in [0.1, 0.15) is 11.2 Å². The summed E-state index contributed by atoms with van der Waals surface area (Å²) in [5.41, 5.74) is 22.8. The highest BCUT2D eigenvalue weighted by molar-refractivity contribution is 7.26. The topological polar surface area (TPSA) is 16.4 Å². The molecule has 0 saturated carbocycles. The molecule has 2 aromatic heterocycles. The highest BCUT2D eigenvalue weighted by Gasteiger charge is 2.53. The normalized spacial score (nSPS) is 15.8. The molecule has 1 spiro atoms. The number of hydrogen-bond donors (Lipinski definition) is 0. The van der Waals surface area contributed by atoms with Crippen LogP contribution >= 0.6 is 11.3 Å². The molecule has 314 valence electrons. The molecule has 0 radical (unpaired) electrons. The van der Waals surface area contributed by atoms with Crippen molar-refractivity contribution in [2.45, 2.75) is 24.7 Å². The van der Waals surface area contributed by atoms with Gasteiger partial charge in [-0.05, 0) is 104 Å². The van der Waals surface area contributed by atoms with Crippen LogP contribution in [0.2, 0.25) is 0 Å². The molecule has 0 bridgehead atoms. The second-order valence-corrected chi connectivity index (χ2v) is 20.1. The van der Waals surface area contributed by atoms with Crippen LogP contribution in [0.4, 0.5) is 17.1 Å². The first-order valence-electron chi connectivity index (χ1n) is 23.3. The van der Waals surface area contributed by atoms with Crippen LogP contribution in [0, 0.1) is 0 Å². The summed E-state index contributed by atoms with van der Waals surface area (Å²) >= 11 is 1.93. The third kappa shape index (κ3) is 4.79. The van der Waals surface area contributed by atoms with E-state index >= 15 is 0 Å². The van der Waals surface area contributed by atoms with Crippen molar-refractivity contribution < 1.29 is 4.42 Å². The summed E-state index contributed by atoms with van der Waals surface area (Å²) in [4.78, 5) is 2.52. The van der Waals surface area contributed by atoms with E-state index in [1.807, 2.05) is 17.4 Å². The number of nitrogens with zero attached hydrogens (tertiary/aromatic N) is 1. The summed E-state index contributed by atoms with van der Waals surface area (Å²) in [6.07, 6.45) is 0. The van der Waals surface area contributed by atoms with Gasteiger partial charge in [-0.1, -0.05) is 184 Å². The number of benzene rings is 10. The molecule has 1 atom stereocenters. The number of rotatable bonds is 4. The summed E-state index contributed by atoms with van der Waals surface area (Å²) < 4.78 is 9.25. The largest absolute Gasteiger partial charge is 0.455 e. The van der Waals surface area contributed by atoms with Crippen molar-refractivity contribution in [3.8, 4) is 44.5 Å². The first kappa shape index (κ1) is 37.3. The molecular weight excluding hydrogens is 831 g/mol. The summed E-state index contributed by atoms with van der Waals surface area (Å²) in [5, 5.41) is 4.94. The minimum absolute atomic E-state index is 0.160. The van der Waals surface area contributed by atoms with Gasteiger partial charge < -0.3 is 9.32 Å². The molecule has 3 heteroatoms. The fraction of sp³-hybridized carbons (Fsp3) is 0.0625. The maximum Gasteiger partial charge on any atom is 0.143 e. The lowest BCUT2D eigenvalue weighted by atomic mass is 9.70. The summed E-state index contributed by atoms with van der Waals surface area (Å²) in [6.45, 7) is 4.75. The average Bonchev–Trinajstić information content (AvgIpc) is 4.16. The highest BCUT2D eigenvalue weighted by Crippen LogP contribution is 2.66. The number of anilines is 3. The summed E-state index contributed by atoms with van der Waals surface area (Å²) in [7, 11) is 0. The van der Waals surface area contributed by atoms with Crippen LogP contribution < -0.4 is 4.90 Å². The zero-order valence-electron chi connectivity index (χ0n) is 37.0. The minimum atomic E-state index is -0.499. The molecule has 67 heavy (non-hydrogen) atoms. The average molecular weight is 872 g/mol. The standard InChI is InChI=1S/C64H41NOS/c1-63(2)50-22-8-3-15-42(50)43-34-33-40(37-55(43)63)65(39-31-29-38(30-32-39)41-20-13-21-46-44-16-6-11-27-57(44)66-61(41)46)56-26-14-25-53-59(56)48-18-4-9-23-51(48)64(53)52-24-10-5-19-49(52)60-54(64)36-35-47-45-17-7-12-28-58(45)67-62(47)60/h3-37H,1-2H3. The van der Waals surface area contributed by atoms with E-state index in [2.05, 4.69) is 225 Å². The van der Waals surface area contributed by atoms with Gasteiger partial charge in [0.05, 0.1) is 11.1 Å². The van der Waals surface area contributed by atoms with Crippen molar-refractivity contribution in [2.75, 3.05) is 4.90 Å². The number of thiophene rings is 1. The Morgan fingerprint density at radius 3 is 1.82 bits per heavy atom. The van der Waals surface area contributed by atoms with E-state index in [4.69, 9.17) is 4.42 Å². The quantitative estimate of drug-likeness (QED) is 0.175. The third-order valence-electron chi connectivity index (χ3n) is 15.5. The zero-order chi connectivity index (χ0) is 44.2. The van der Waals surface area contributed by atoms with E-state index in [1.165, 1.54) is 86.9 Å². The van der Waals surface area contributed by atoms with Gasteiger partial charge in [-0.3, -0.25) is 0 Å². The van der Waals surface area contributed by atoms with Crippen LogP contribution in [0.1, 0.15) is 47.2 Å². The van der Waals surface area contributed by atoms with Gasteiger partial charge in [-0.2, -0.15) is 0 Å². The molecule has 1 unspecified atom stereocenters. The first-order chi connectivity index (χ1) is 33.0. The number of para-hydroxylation sites is 2. The molecule has 0 fully saturated rings. The Balaban J connectivity index is 0.981. The molecular formula is C64H41NOS. The van der Waals surface area contributed by atoms with Crippen LogP contribution in [0.3, 0.4) is 0 Å². The van der Waals surface area contributed by atoms with Gasteiger partial charge in [-0.25, -0.2) is 0 Å².